The van der Waals surface area contributed by atoms with Gasteiger partial charge in [0.1, 0.15) is 5.15 Å². The molecule has 0 aliphatic rings. The molecule has 0 unspecified atom stereocenters. The molecule has 0 saturated heterocycles. The van der Waals surface area contributed by atoms with Crippen molar-refractivity contribution < 1.29 is 0 Å². The molecule has 0 N–H and O–H groups in total. The number of halogens is 1. The fraction of sp³-hybridized carbons (Fsp3) is 0.333. The largest absolute Gasteiger partial charge is 0.233 e. The molecule has 18 heavy (non-hydrogen) atoms. The molecule has 1 aromatic heterocycles. The van der Waals surface area contributed by atoms with E-state index in [1.54, 1.807) is 0 Å². The van der Waals surface area contributed by atoms with Gasteiger partial charge in [0, 0.05) is 11.3 Å². The van der Waals surface area contributed by atoms with Crippen LogP contribution in [-0.2, 0) is 6.42 Å². The first kappa shape index (κ1) is 13.0. The lowest BCUT2D eigenvalue weighted by Crippen LogP contribution is -1.97. The van der Waals surface area contributed by atoms with E-state index in [0.29, 0.717) is 5.15 Å². The molecular weight excluding hydrogens is 244 g/mol. The van der Waals surface area contributed by atoms with Crippen molar-refractivity contribution in [2.45, 2.75) is 33.6 Å². The molecule has 3 heteroatoms. The molecule has 1 aromatic carbocycles. The molecule has 0 atom stereocenters. The smallest absolute Gasteiger partial charge is 0.161 e. The molecule has 2 nitrogen and oxygen atoms in total. The van der Waals surface area contributed by atoms with Crippen molar-refractivity contribution in [1.29, 1.82) is 0 Å². The monoisotopic (exact) mass is 260 g/mol. The van der Waals surface area contributed by atoms with Crippen molar-refractivity contribution in [3.05, 3.63) is 46.2 Å². The predicted molar refractivity (Wildman–Crippen MR) is 75.9 cm³/mol. The van der Waals surface area contributed by atoms with E-state index in [0.717, 1.165) is 29.9 Å². The van der Waals surface area contributed by atoms with Gasteiger partial charge in [-0.3, -0.25) is 0 Å². The summed E-state index contributed by atoms with van der Waals surface area (Å²) < 4.78 is 0. The number of hydrogen-bond donors (Lipinski definition) is 0. The van der Waals surface area contributed by atoms with Crippen LogP contribution in [-0.4, -0.2) is 9.97 Å². The summed E-state index contributed by atoms with van der Waals surface area (Å²) in [5, 5.41) is 0.518. The predicted octanol–water partition coefficient (Wildman–Crippen LogP) is 4.37. The molecule has 0 amide bonds. The van der Waals surface area contributed by atoms with Crippen molar-refractivity contribution in [3.8, 4) is 11.4 Å². The number of benzene rings is 1. The van der Waals surface area contributed by atoms with E-state index in [2.05, 4.69) is 48.9 Å². The minimum atomic E-state index is 0.518. The quantitative estimate of drug-likeness (QED) is 0.766. The van der Waals surface area contributed by atoms with Crippen LogP contribution in [0.5, 0.6) is 0 Å². The molecule has 1 heterocycles. The molecule has 0 radical (unpaired) electrons. The number of hydrogen-bond acceptors (Lipinski definition) is 2. The Labute approximate surface area is 113 Å². The third-order valence-electron chi connectivity index (χ3n) is 2.89. The summed E-state index contributed by atoms with van der Waals surface area (Å²) in [6.45, 7) is 6.27. The Morgan fingerprint density at radius 3 is 2.61 bits per heavy atom. The molecule has 2 aromatic rings. The standard InChI is InChI=1S/C15H17ClN2/c1-4-5-12-9-14(16)18-15(17-12)13-8-10(2)6-7-11(13)3/h6-9H,4-5H2,1-3H3. The normalized spacial score (nSPS) is 10.7. The second-order valence-electron chi connectivity index (χ2n) is 4.57. The summed E-state index contributed by atoms with van der Waals surface area (Å²) >= 11 is 6.08. The Balaban J connectivity index is 2.52. The lowest BCUT2D eigenvalue weighted by Gasteiger charge is -2.08. The minimum absolute atomic E-state index is 0.518. The third-order valence-corrected chi connectivity index (χ3v) is 3.08. The molecule has 0 fully saturated rings. The summed E-state index contributed by atoms with van der Waals surface area (Å²) in [6, 6.07) is 8.14. The van der Waals surface area contributed by atoms with Gasteiger partial charge in [-0.1, -0.05) is 42.6 Å². The summed E-state index contributed by atoms with van der Waals surface area (Å²) in [7, 11) is 0. The van der Waals surface area contributed by atoms with E-state index in [9.17, 15) is 0 Å². The molecular formula is C15H17ClN2. The van der Waals surface area contributed by atoms with Crippen LogP contribution >= 0.6 is 11.6 Å². The van der Waals surface area contributed by atoms with Crippen LogP contribution in [0, 0.1) is 13.8 Å². The van der Waals surface area contributed by atoms with E-state index in [-0.39, 0.29) is 0 Å². The van der Waals surface area contributed by atoms with Crippen molar-refractivity contribution in [1.82, 2.24) is 9.97 Å². The van der Waals surface area contributed by atoms with E-state index in [4.69, 9.17) is 11.6 Å². The lowest BCUT2D eigenvalue weighted by molar-refractivity contribution is 0.875. The van der Waals surface area contributed by atoms with Gasteiger partial charge in [0.2, 0.25) is 0 Å². The summed E-state index contributed by atoms with van der Waals surface area (Å²) in [5.74, 6) is 0.729. The van der Waals surface area contributed by atoms with Crippen molar-refractivity contribution in [2.75, 3.05) is 0 Å². The second kappa shape index (κ2) is 5.49. The molecule has 2 rings (SSSR count). The Hall–Kier alpha value is -1.41. The fourth-order valence-corrected chi connectivity index (χ4v) is 2.15. The highest BCUT2D eigenvalue weighted by Gasteiger charge is 2.08. The first-order valence-corrected chi connectivity index (χ1v) is 6.59. The first-order valence-electron chi connectivity index (χ1n) is 6.21. The molecule has 94 valence electrons. The Morgan fingerprint density at radius 1 is 1.11 bits per heavy atom. The number of aryl methyl sites for hydroxylation is 3. The average molecular weight is 261 g/mol. The minimum Gasteiger partial charge on any atom is -0.233 e. The van der Waals surface area contributed by atoms with Gasteiger partial charge in [0.15, 0.2) is 5.82 Å². The van der Waals surface area contributed by atoms with Crippen LogP contribution in [0.1, 0.15) is 30.2 Å². The summed E-state index contributed by atoms with van der Waals surface area (Å²) in [4.78, 5) is 8.94. The summed E-state index contributed by atoms with van der Waals surface area (Å²) in [5.41, 5.74) is 4.45. The van der Waals surface area contributed by atoms with Gasteiger partial charge in [-0.15, -0.1) is 0 Å². The first-order chi connectivity index (χ1) is 8.60. The van der Waals surface area contributed by atoms with Crippen LogP contribution in [0.25, 0.3) is 11.4 Å². The van der Waals surface area contributed by atoms with E-state index in [1.807, 2.05) is 6.07 Å². The molecule has 0 saturated carbocycles. The van der Waals surface area contributed by atoms with Crippen LogP contribution < -0.4 is 0 Å². The van der Waals surface area contributed by atoms with Crippen LogP contribution in [0.4, 0.5) is 0 Å². The fourth-order valence-electron chi connectivity index (χ4n) is 1.95. The maximum atomic E-state index is 6.08. The van der Waals surface area contributed by atoms with Gasteiger partial charge in [0.05, 0.1) is 0 Å². The van der Waals surface area contributed by atoms with Crippen molar-refractivity contribution in [2.24, 2.45) is 0 Å². The average Bonchev–Trinajstić information content (AvgIpc) is 2.32. The lowest BCUT2D eigenvalue weighted by atomic mass is 10.0. The molecule has 0 spiro atoms. The zero-order valence-corrected chi connectivity index (χ0v) is 11.8. The zero-order chi connectivity index (χ0) is 13.1. The number of nitrogens with zero attached hydrogens (tertiary/aromatic N) is 2. The van der Waals surface area contributed by atoms with Crippen LogP contribution in [0.2, 0.25) is 5.15 Å². The maximum Gasteiger partial charge on any atom is 0.161 e. The van der Waals surface area contributed by atoms with E-state index in [1.165, 1.54) is 11.1 Å². The number of aromatic nitrogens is 2. The highest BCUT2D eigenvalue weighted by Crippen LogP contribution is 2.23. The zero-order valence-electron chi connectivity index (χ0n) is 11.0. The Kier molecular flexibility index (Phi) is 3.97. The summed E-state index contributed by atoms with van der Waals surface area (Å²) in [6.07, 6.45) is 1.99. The second-order valence-corrected chi connectivity index (χ2v) is 4.96. The molecule has 0 aliphatic heterocycles. The SMILES string of the molecule is CCCc1cc(Cl)nc(-c2cc(C)ccc2C)n1. The number of rotatable bonds is 3. The van der Waals surface area contributed by atoms with Gasteiger partial charge < -0.3 is 0 Å². The Morgan fingerprint density at radius 2 is 1.89 bits per heavy atom. The van der Waals surface area contributed by atoms with Gasteiger partial charge in [-0.2, -0.15) is 0 Å². The Bertz CT molecular complexity index is 564. The van der Waals surface area contributed by atoms with E-state index < -0.39 is 0 Å². The van der Waals surface area contributed by atoms with Crippen LogP contribution in [0.3, 0.4) is 0 Å². The van der Waals surface area contributed by atoms with E-state index >= 15 is 0 Å². The molecule has 0 bridgehead atoms. The van der Waals surface area contributed by atoms with Gasteiger partial charge in [-0.05, 0) is 38.0 Å². The van der Waals surface area contributed by atoms with Gasteiger partial charge >= 0.3 is 0 Å². The van der Waals surface area contributed by atoms with Gasteiger partial charge in [0.25, 0.3) is 0 Å². The maximum absolute atomic E-state index is 6.08. The van der Waals surface area contributed by atoms with Crippen molar-refractivity contribution >= 4 is 11.6 Å². The third kappa shape index (κ3) is 2.88. The highest BCUT2D eigenvalue weighted by atomic mass is 35.5. The van der Waals surface area contributed by atoms with Crippen molar-refractivity contribution in [3.63, 3.8) is 0 Å². The highest BCUT2D eigenvalue weighted by molar-refractivity contribution is 6.29. The van der Waals surface area contributed by atoms with Crippen LogP contribution in [0.15, 0.2) is 24.3 Å². The van der Waals surface area contributed by atoms with Gasteiger partial charge in [-0.25, -0.2) is 9.97 Å². The topological polar surface area (TPSA) is 25.8 Å². The molecule has 0 aliphatic carbocycles.